The van der Waals surface area contributed by atoms with Crippen LogP contribution >= 0.6 is 57.7 Å². The van der Waals surface area contributed by atoms with Gasteiger partial charge in [0.05, 0.1) is 68.9 Å². The Kier molecular flexibility index (Phi) is 22.1. The number of carbonyl (C=O) groups is 5. The number of aromatic nitrogens is 3. The second-order valence-corrected chi connectivity index (χ2v) is 27.5. The molecule has 0 radical (unpaired) electrons. The molecule has 22 nitrogen and oxygen atoms in total. The number of para-hydroxylation sites is 1. The van der Waals surface area contributed by atoms with E-state index in [1.165, 1.54) is 25.0 Å². The van der Waals surface area contributed by atoms with Gasteiger partial charge in [0.1, 0.15) is 16.9 Å². The van der Waals surface area contributed by atoms with Crippen LogP contribution in [0.4, 0.5) is 17.1 Å². The molecular formula is C69H69Cl4N9O13S2. The van der Waals surface area contributed by atoms with E-state index in [2.05, 4.69) is 0 Å². The molecule has 7 heterocycles. The van der Waals surface area contributed by atoms with Crippen LogP contribution in [-0.4, -0.2) is 172 Å². The molecule has 3 amide bonds. The molecule has 4 aromatic heterocycles. The minimum Gasteiger partial charge on any atom is -0.497 e. The highest BCUT2D eigenvalue weighted by atomic mass is 35.5. The van der Waals surface area contributed by atoms with Gasteiger partial charge in [-0.2, -0.15) is 0 Å². The number of anilines is 3. The predicted molar refractivity (Wildman–Crippen MR) is 381 cm³/mol. The van der Waals surface area contributed by atoms with Crippen molar-refractivity contribution in [2.45, 2.75) is 18.7 Å². The lowest BCUT2D eigenvalue weighted by molar-refractivity contribution is 0.0514. The fraction of sp³-hybridized carbons (Fsp3) is 0.304. The largest absolute Gasteiger partial charge is 0.497 e. The third-order valence-electron chi connectivity index (χ3n) is 17.1. The first-order chi connectivity index (χ1) is 46.4. The van der Waals surface area contributed by atoms with Crippen LogP contribution < -0.4 is 36.1 Å². The van der Waals surface area contributed by atoms with Crippen molar-refractivity contribution < 1.29 is 46.6 Å². The zero-order valence-electron chi connectivity index (χ0n) is 54.1. The number of ether oxygens (including phenoxy) is 3. The van der Waals surface area contributed by atoms with E-state index in [-0.39, 0.29) is 47.0 Å². The highest BCUT2D eigenvalue weighted by Gasteiger charge is 2.34. The summed E-state index contributed by atoms with van der Waals surface area (Å²) in [6, 6.07) is 33.1. The Morgan fingerprint density at radius 1 is 0.474 bits per heavy atom. The lowest BCUT2D eigenvalue weighted by Crippen LogP contribution is -2.49. The third kappa shape index (κ3) is 14.8. The zero-order chi connectivity index (χ0) is 69.7. The second-order valence-electron chi connectivity index (χ2n) is 22.9. The number of pyridine rings is 3. The number of nitrogens with zero attached hydrogens (tertiary/aromatic N) is 9. The minimum absolute atomic E-state index is 0.0168. The summed E-state index contributed by atoms with van der Waals surface area (Å²) in [5, 5.41) is 5.61. The molecule has 28 heteroatoms. The molecule has 3 saturated heterocycles. The van der Waals surface area contributed by atoms with Crippen molar-refractivity contribution in [1.29, 1.82) is 0 Å². The van der Waals surface area contributed by atoms with Gasteiger partial charge >= 0.3 is 11.9 Å². The minimum atomic E-state index is -3.75. The third-order valence-corrected chi connectivity index (χ3v) is 20.3. The maximum atomic E-state index is 13.2. The van der Waals surface area contributed by atoms with Crippen LogP contribution in [0.3, 0.4) is 0 Å². The molecule has 0 N–H and O–H groups in total. The van der Waals surface area contributed by atoms with Crippen LogP contribution in [0.25, 0.3) is 32.7 Å². The van der Waals surface area contributed by atoms with Crippen molar-refractivity contribution in [2.75, 3.05) is 120 Å². The maximum Gasteiger partial charge on any atom is 0.345 e. The van der Waals surface area contributed by atoms with Crippen molar-refractivity contribution in [3.8, 4) is 5.75 Å². The summed E-state index contributed by atoms with van der Waals surface area (Å²) in [7, 11) is 2.65. The van der Waals surface area contributed by atoms with E-state index in [9.17, 15) is 46.8 Å². The summed E-state index contributed by atoms with van der Waals surface area (Å²) in [6.45, 7) is 8.87. The van der Waals surface area contributed by atoms with Gasteiger partial charge < -0.3 is 57.3 Å². The predicted octanol–water partition coefficient (Wildman–Crippen LogP) is 9.94. The maximum absolute atomic E-state index is 13.2. The number of sulfone groups is 1. The molecule has 12 rings (SSSR count). The first-order valence-corrected chi connectivity index (χ1v) is 35.2. The number of fused-ring (bicyclic) bond motifs is 3. The Morgan fingerprint density at radius 3 is 1.35 bits per heavy atom. The Balaban J connectivity index is 0.000000159. The molecule has 0 unspecified atom stereocenters. The first kappa shape index (κ1) is 70.9. The summed E-state index contributed by atoms with van der Waals surface area (Å²) in [4.78, 5) is 115. The summed E-state index contributed by atoms with van der Waals surface area (Å²) < 4.78 is 44.9. The number of halogens is 4. The van der Waals surface area contributed by atoms with Crippen molar-refractivity contribution in [1.82, 2.24) is 28.4 Å². The van der Waals surface area contributed by atoms with Gasteiger partial charge in [0.15, 0.2) is 14.7 Å². The fourth-order valence-electron chi connectivity index (χ4n) is 12.2. The smallest absolute Gasteiger partial charge is 0.345 e. The Morgan fingerprint density at radius 2 is 0.907 bits per heavy atom. The summed E-state index contributed by atoms with van der Waals surface area (Å²) >= 11 is 26.0. The number of carbonyl (C=O) groups excluding carboxylic acids is 5. The van der Waals surface area contributed by atoms with E-state index in [1.807, 2.05) is 50.4 Å². The van der Waals surface area contributed by atoms with Gasteiger partial charge in [0.25, 0.3) is 34.4 Å². The molecular weight excluding hydrogens is 1370 g/mol. The Labute approximate surface area is 582 Å². The van der Waals surface area contributed by atoms with Gasteiger partial charge in [0.2, 0.25) is 0 Å². The molecule has 0 atom stereocenters. The van der Waals surface area contributed by atoms with Gasteiger partial charge in [-0.3, -0.25) is 28.8 Å². The second kappa shape index (κ2) is 30.2. The van der Waals surface area contributed by atoms with E-state index in [1.54, 1.807) is 142 Å². The van der Waals surface area contributed by atoms with Crippen LogP contribution in [0, 0.1) is 0 Å². The fourth-order valence-corrected chi connectivity index (χ4v) is 14.6. The summed E-state index contributed by atoms with van der Waals surface area (Å²) in [6.07, 6.45) is 1.07. The average Bonchev–Trinajstić information content (AvgIpc) is 1.02. The highest BCUT2D eigenvalue weighted by molar-refractivity contribution is 7.90. The molecule has 3 aliphatic rings. The molecule has 9 aromatic rings. The van der Waals surface area contributed by atoms with E-state index in [0.717, 1.165) is 6.26 Å². The number of hydrogen-bond acceptors (Lipinski definition) is 17. The number of aryl methyl sites for hydroxylation is 3. The van der Waals surface area contributed by atoms with Crippen molar-refractivity contribution in [3.63, 3.8) is 0 Å². The summed E-state index contributed by atoms with van der Waals surface area (Å²) in [5.41, 5.74) is 2.95. The van der Waals surface area contributed by atoms with Gasteiger partial charge in [-0.25, -0.2) is 18.0 Å². The van der Waals surface area contributed by atoms with Crippen LogP contribution in [0.5, 0.6) is 5.75 Å². The molecule has 3 fully saturated rings. The van der Waals surface area contributed by atoms with Crippen LogP contribution in [0.1, 0.15) is 65.0 Å². The van der Waals surface area contributed by atoms with E-state index < -0.39 is 38.5 Å². The lowest BCUT2D eigenvalue weighted by Gasteiger charge is -2.37. The molecule has 0 bridgehead atoms. The Hall–Kier alpha value is -8.91. The molecule has 0 aliphatic carbocycles. The number of thiophene rings is 1. The van der Waals surface area contributed by atoms with Crippen molar-refractivity contribution in [2.24, 2.45) is 21.1 Å². The van der Waals surface area contributed by atoms with E-state index >= 15 is 0 Å². The number of rotatable bonds is 12. The monoisotopic (exact) mass is 1440 g/mol. The topological polar surface area (TPSA) is 233 Å². The van der Waals surface area contributed by atoms with E-state index in [4.69, 9.17) is 60.6 Å². The molecule has 97 heavy (non-hydrogen) atoms. The summed E-state index contributed by atoms with van der Waals surface area (Å²) in [5.74, 6) is -0.933. The average molecular weight is 1440 g/mol. The van der Waals surface area contributed by atoms with Gasteiger partial charge in [0, 0.05) is 143 Å². The molecule has 0 saturated carbocycles. The zero-order valence-corrected chi connectivity index (χ0v) is 58.8. The number of methoxy groups -OCH3 is 1. The number of benzene rings is 5. The number of hydrogen-bond donors (Lipinski definition) is 0. The quantitative estimate of drug-likeness (QED) is 0.104. The van der Waals surface area contributed by atoms with Gasteiger partial charge in [-0.15, -0.1) is 11.3 Å². The highest BCUT2D eigenvalue weighted by Crippen LogP contribution is 2.36. The SMILES string of the molecule is CCOC(=O)c1c(N2CCN(C(=O)c3ccc(Cl)c(Cl)c3)CC2)c2cc(Cl)ccc2n(C)c1=O.CCOC(=O)c1c(N2CCN(C(=O)c3ccc(OC)cc3)CC2)c2cc(Cl)ccc2n(C)c1=O.Cn1c(=O)c(S(C)(=O)=O)c(N2CCN(C(=O)c3cccs3)CC2)c2ccccc21. The molecule has 5 aromatic carbocycles. The number of amides is 3. The van der Waals surface area contributed by atoms with Crippen LogP contribution in [0.2, 0.25) is 20.1 Å². The normalized spacial score (nSPS) is 14.2. The number of esters is 2. The standard InChI is InChI=1S/C25H26ClN3O5.C24H22Cl3N3O4.C20H21N3O4S2/c1-4-34-25(32)21-22(19-15-17(26)7-10-20(19)27(2)24(21)31)28-11-13-29(14-12-28)23(30)16-5-8-18(33-3)9-6-16;1-3-34-24(33)20-21(16-13-15(25)5-7-19(16)28(2)23(20)32)29-8-10-30(11-9-29)22(31)14-4-6-17(26)18(27)12-14;1-21-15-7-4-3-6-14(15)17(18(20(21)25)29(2,26)27)22-9-11-23(12-10-22)19(24)16-8-5-13-28-16/h5-10,15H,4,11-14H2,1-3H3;4-7,12-13H,3,8-11H2,1-2H3;3-8,13H,9-12H2,1-2H3. The first-order valence-electron chi connectivity index (χ1n) is 30.9. The molecule has 508 valence electrons. The Bertz CT molecular complexity index is 4850. The number of piperazine rings is 3. The van der Waals surface area contributed by atoms with E-state index in [0.29, 0.717) is 170 Å². The van der Waals surface area contributed by atoms with Crippen LogP contribution in [0.15, 0.2) is 140 Å². The van der Waals surface area contributed by atoms with Crippen LogP contribution in [-0.2, 0) is 40.5 Å². The van der Waals surface area contributed by atoms with Crippen molar-refractivity contribution in [3.05, 3.63) is 199 Å². The molecule has 0 spiro atoms. The molecule has 3 aliphatic heterocycles. The van der Waals surface area contributed by atoms with Crippen molar-refractivity contribution >= 4 is 147 Å². The van der Waals surface area contributed by atoms with Gasteiger partial charge in [-0.05, 0) is 110 Å². The lowest BCUT2D eigenvalue weighted by atomic mass is 10.1. The van der Waals surface area contributed by atoms with Gasteiger partial charge in [-0.1, -0.05) is 70.7 Å².